The quantitative estimate of drug-likeness (QED) is 0.464. The maximum atomic E-state index is 7.37. The smallest absolute Gasteiger partial charge is 0.134 e. The Morgan fingerprint density at radius 1 is 1.70 bits per heavy atom. The monoisotopic (exact) mass is 140 g/mol. The molecule has 56 valence electrons. The van der Waals surface area contributed by atoms with Gasteiger partial charge in [0.05, 0.1) is 6.54 Å². The first-order chi connectivity index (χ1) is 4.61. The molecule has 0 saturated carbocycles. The van der Waals surface area contributed by atoms with E-state index in [2.05, 4.69) is 0 Å². The minimum atomic E-state index is 0.433. The highest BCUT2D eigenvalue weighted by molar-refractivity contribution is 5.83. The molecular weight excluding hydrogens is 128 g/mol. The Morgan fingerprint density at radius 3 is 2.80 bits per heavy atom. The van der Waals surface area contributed by atoms with Gasteiger partial charge in [-0.15, -0.1) is 0 Å². The van der Waals surface area contributed by atoms with Crippen LogP contribution in [0.15, 0.2) is 11.9 Å². The molecule has 0 aromatic carbocycles. The average molecular weight is 140 g/mol. The number of rotatable bonds is 0. The second-order valence-corrected chi connectivity index (χ2v) is 2.50. The van der Waals surface area contributed by atoms with E-state index < -0.39 is 0 Å². The Morgan fingerprint density at radius 2 is 2.30 bits per heavy atom. The SMILES string of the molecule is CC1=CN(C)CC(=N)N1N. The number of allylic oxidation sites excluding steroid dienone is 1. The van der Waals surface area contributed by atoms with Crippen LogP contribution >= 0.6 is 0 Å². The maximum absolute atomic E-state index is 7.37. The van der Waals surface area contributed by atoms with Crippen LogP contribution in [0.5, 0.6) is 0 Å². The number of hydrazine groups is 1. The summed E-state index contributed by atoms with van der Waals surface area (Å²) >= 11 is 0. The lowest BCUT2D eigenvalue weighted by atomic mass is 10.3. The van der Waals surface area contributed by atoms with Crippen molar-refractivity contribution in [3.8, 4) is 0 Å². The van der Waals surface area contributed by atoms with Gasteiger partial charge < -0.3 is 4.90 Å². The van der Waals surface area contributed by atoms with Crippen LogP contribution < -0.4 is 5.84 Å². The molecule has 0 amide bonds. The van der Waals surface area contributed by atoms with Crippen molar-refractivity contribution in [3.05, 3.63) is 11.9 Å². The zero-order valence-corrected chi connectivity index (χ0v) is 6.26. The van der Waals surface area contributed by atoms with Crippen LogP contribution in [-0.2, 0) is 0 Å². The lowest BCUT2D eigenvalue weighted by Gasteiger charge is -2.29. The molecule has 1 aliphatic heterocycles. The van der Waals surface area contributed by atoms with Crippen LogP contribution in [0, 0.1) is 5.41 Å². The molecule has 0 unspecified atom stereocenters. The van der Waals surface area contributed by atoms with Crippen molar-refractivity contribution in [3.63, 3.8) is 0 Å². The molecule has 0 bridgehead atoms. The summed E-state index contributed by atoms with van der Waals surface area (Å²) in [6, 6.07) is 0. The maximum Gasteiger partial charge on any atom is 0.134 e. The molecule has 1 aliphatic rings. The molecule has 0 aromatic rings. The standard InChI is InChI=1S/C6H12N4/c1-5-3-9(2)4-6(7)10(5)8/h3,7H,4,8H2,1-2H3. The van der Waals surface area contributed by atoms with Crippen molar-refractivity contribution in [1.29, 1.82) is 5.41 Å². The number of nitrogens with one attached hydrogen (secondary N) is 1. The fourth-order valence-electron chi connectivity index (χ4n) is 0.952. The molecule has 1 heterocycles. The number of likely N-dealkylation sites (N-methyl/N-ethyl adjacent to an activating group) is 1. The fourth-order valence-corrected chi connectivity index (χ4v) is 0.952. The van der Waals surface area contributed by atoms with E-state index in [0.29, 0.717) is 12.4 Å². The van der Waals surface area contributed by atoms with Crippen LogP contribution in [-0.4, -0.2) is 29.3 Å². The molecule has 10 heavy (non-hydrogen) atoms. The van der Waals surface area contributed by atoms with Crippen LogP contribution in [0.1, 0.15) is 6.92 Å². The van der Waals surface area contributed by atoms with Crippen molar-refractivity contribution in [1.82, 2.24) is 9.91 Å². The fraction of sp³-hybridized carbons (Fsp3) is 0.500. The van der Waals surface area contributed by atoms with Gasteiger partial charge in [0.1, 0.15) is 5.84 Å². The predicted octanol–water partition coefficient (Wildman–Crippen LogP) is -0.0539. The van der Waals surface area contributed by atoms with Crippen molar-refractivity contribution in [2.45, 2.75) is 6.92 Å². The molecule has 0 saturated heterocycles. The largest absolute Gasteiger partial charge is 0.371 e. The number of nitrogens with two attached hydrogens (primary N) is 1. The minimum Gasteiger partial charge on any atom is -0.371 e. The molecule has 0 atom stereocenters. The third kappa shape index (κ3) is 1.11. The predicted molar refractivity (Wildman–Crippen MR) is 40.1 cm³/mol. The zero-order chi connectivity index (χ0) is 7.72. The molecule has 1 rings (SSSR count). The van der Waals surface area contributed by atoms with Crippen molar-refractivity contribution in [2.24, 2.45) is 5.84 Å². The summed E-state index contributed by atoms with van der Waals surface area (Å²) in [6.45, 7) is 2.47. The summed E-state index contributed by atoms with van der Waals surface area (Å²) in [4.78, 5) is 1.93. The molecule has 0 spiro atoms. The van der Waals surface area contributed by atoms with E-state index in [1.807, 2.05) is 25.1 Å². The van der Waals surface area contributed by atoms with Gasteiger partial charge >= 0.3 is 0 Å². The molecular formula is C6H12N4. The summed E-state index contributed by atoms with van der Waals surface area (Å²) in [7, 11) is 1.92. The van der Waals surface area contributed by atoms with Gasteiger partial charge in [-0.2, -0.15) is 0 Å². The van der Waals surface area contributed by atoms with Gasteiger partial charge in [0.2, 0.25) is 0 Å². The first-order valence-electron chi connectivity index (χ1n) is 3.12. The lowest BCUT2D eigenvalue weighted by Crippen LogP contribution is -2.44. The highest BCUT2D eigenvalue weighted by Crippen LogP contribution is 2.06. The summed E-state index contributed by atoms with van der Waals surface area (Å²) in [5.41, 5.74) is 0.902. The Labute approximate surface area is 60.4 Å². The lowest BCUT2D eigenvalue weighted by molar-refractivity contribution is 0.409. The topological polar surface area (TPSA) is 56.4 Å². The minimum absolute atomic E-state index is 0.433. The van der Waals surface area contributed by atoms with Crippen molar-refractivity contribution in [2.75, 3.05) is 13.6 Å². The molecule has 4 nitrogen and oxygen atoms in total. The molecule has 3 N–H and O–H groups in total. The van der Waals surface area contributed by atoms with Gasteiger partial charge in [-0.3, -0.25) is 10.4 Å². The van der Waals surface area contributed by atoms with Crippen LogP contribution in [0.25, 0.3) is 0 Å². The Balaban J connectivity index is 2.81. The summed E-state index contributed by atoms with van der Waals surface area (Å²) < 4.78 is 0. The van der Waals surface area contributed by atoms with E-state index in [0.717, 1.165) is 5.70 Å². The zero-order valence-electron chi connectivity index (χ0n) is 6.26. The van der Waals surface area contributed by atoms with Gasteiger partial charge in [-0.25, -0.2) is 5.84 Å². The second kappa shape index (κ2) is 2.30. The van der Waals surface area contributed by atoms with Crippen LogP contribution in [0.4, 0.5) is 0 Å². The second-order valence-electron chi connectivity index (χ2n) is 2.50. The van der Waals surface area contributed by atoms with Crippen LogP contribution in [0.3, 0.4) is 0 Å². The molecule has 0 aromatic heterocycles. The first-order valence-corrected chi connectivity index (χ1v) is 3.12. The van der Waals surface area contributed by atoms with Gasteiger partial charge in [0.15, 0.2) is 0 Å². The number of nitrogens with zero attached hydrogens (tertiary/aromatic N) is 2. The van der Waals surface area contributed by atoms with E-state index in [1.54, 1.807) is 0 Å². The third-order valence-electron chi connectivity index (χ3n) is 1.48. The first kappa shape index (κ1) is 7.08. The molecule has 0 fully saturated rings. The van der Waals surface area contributed by atoms with Gasteiger partial charge in [0, 0.05) is 18.9 Å². The van der Waals surface area contributed by atoms with E-state index in [1.165, 1.54) is 5.01 Å². The van der Waals surface area contributed by atoms with Gasteiger partial charge in [-0.05, 0) is 6.92 Å². The van der Waals surface area contributed by atoms with Crippen molar-refractivity contribution >= 4 is 5.84 Å². The molecule has 0 radical (unpaired) electrons. The Bertz CT molecular complexity index is 184. The van der Waals surface area contributed by atoms with Crippen molar-refractivity contribution < 1.29 is 0 Å². The van der Waals surface area contributed by atoms with E-state index in [-0.39, 0.29) is 0 Å². The third-order valence-corrected chi connectivity index (χ3v) is 1.48. The molecule has 0 aliphatic carbocycles. The van der Waals surface area contributed by atoms with Crippen LogP contribution in [0.2, 0.25) is 0 Å². The Kier molecular flexibility index (Phi) is 1.63. The Hall–Kier alpha value is -1.03. The number of amidine groups is 1. The average Bonchev–Trinajstić information content (AvgIpc) is 1.82. The normalized spacial score (nSPS) is 19.5. The summed E-state index contributed by atoms with van der Waals surface area (Å²) in [6.07, 6.45) is 1.91. The van der Waals surface area contributed by atoms with E-state index in [4.69, 9.17) is 11.3 Å². The summed E-state index contributed by atoms with van der Waals surface area (Å²) in [5, 5.41) is 8.76. The number of hydrogen-bond donors (Lipinski definition) is 2. The van der Waals surface area contributed by atoms with E-state index in [9.17, 15) is 0 Å². The molecule has 4 heteroatoms. The van der Waals surface area contributed by atoms with E-state index >= 15 is 0 Å². The number of hydrogen-bond acceptors (Lipinski definition) is 3. The van der Waals surface area contributed by atoms with Gasteiger partial charge in [0.25, 0.3) is 0 Å². The summed E-state index contributed by atoms with van der Waals surface area (Å²) in [5.74, 6) is 5.93. The highest BCUT2D eigenvalue weighted by Gasteiger charge is 2.13. The van der Waals surface area contributed by atoms with Gasteiger partial charge in [-0.1, -0.05) is 0 Å². The highest BCUT2D eigenvalue weighted by atomic mass is 15.5.